The number of rotatable bonds is 7. The molecule has 1 aliphatic rings. The summed E-state index contributed by atoms with van der Waals surface area (Å²) in [4.78, 5) is 10.6. The number of nitrogens with one attached hydrogen (secondary N) is 2. The Kier molecular flexibility index (Phi) is 9.10. The molecule has 3 rings (SSSR count). The van der Waals surface area contributed by atoms with Crippen LogP contribution in [-0.2, 0) is 13.1 Å². The fourth-order valence-electron chi connectivity index (χ4n) is 3.41. The molecule has 0 radical (unpaired) electrons. The molecule has 1 aliphatic heterocycles. The summed E-state index contributed by atoms with van der Waals surface area (Å²) in [5.41, 5.74) is 1.31. The molecule has 0 bridgehead atoms. The van der Waals surface area contributed by atoms with E-state index in [4.69, 9.17) is 0 Å². The van der Waals surface area contributed by atoms with Crippen LogP contribution >= 0.6 is 24.0 Å². The van der Waals surface area contributed by atoms with Gasteiger partial charge in [-0.3, -0.25) is 14.5 Å². The molecule has 0 aliphatic carbocycles. The van der Waals surface area contributed by atoms with Crippen LogP contribution in [0, 0.1) is 0 Å². The summed E-state index contributed by atoms with van der Waals surface area (Å²) in [6, 6.07) is 10.9. The molecular formula is C19H27F2IN6. The molecule has 1 atom stereocenters. The van der Waals surface area contributed by atoms with Gasteiger partial charge in [0.2, 0.25) is 0 Å². The maximum Gasteiger partial charge on any atom is 0.319 e. The Morgan fingerprint density at radius 2 is 2.07 bits per heavy atom. The largest absolute Gasteiger partial charge is 0.355 e. The highest BCUT2D eigenvalue weighted by Gasteiger charge is 2.24. The summed E-state index contributed by atoms with van der Waals surface area (Å²) < 4.78 is 26.6. The lowest BCUT2D eigenvalue weighted by Crippen LogP contribution is -2.44. The number of nitrogens with zero attached hydrogens (tertiary/aromatic N) is 4. The Bertz CT molecular complexity index is 737. The number of halogens is 3. The highest BCUT2D eigenvalue weighted by Crippen LogP contribution is 2.19. The van der Waals surface area contributed by atoms with Crippen molar-refractivity contribution in [2.45, 2.75) is 38.5 Å². The Morgan fingerprint density at radius 3 is 2.79 bits per heavy atom. The normalized spacial score (nSPS) is 17.6. The van der Waals surface area contributed by atoms with Crippen molar-refractivity contribution >= 4 is 29.9 Å². The van der Waals surface area contributed by atoms with Crippen LogP contribution < -0.4 is 10.6 Å². The number of guanidine groups is 1. The Labute approximate surface area is 181 Å². The summed E-state index contributed by atoms with van der Waals surface area (Å²) in [6.45, 7) is 0.374. The van der Waals surface area contributed by atoms with Crippen LogP contribution in [0.25, 0.3) is 0 Å². The fraction of sp³-hybridized carbons (Fsp3) is 0.474. The standard InChI is InChI=1S/C19H26F2N6.HI/c1-22-19(25-13-17-23-9-11-27(17)18(20)21)24-12-16-8-5-10-26(16)14-15-6-3-2-4-7-15;/h2-4,6-7,9,11,16,18H,5,8,10,12-14H2,1H3,(H2,22,24,25);1H. The quantitative estimate of drug-likeness (QED) is 0.346. The van der Waals surface area contributed by atoms with E-state index in [9.17, 15) is 8.78 Å². The molecule has 1 saturated heterocycles. The van der Waals surface area contributed by atoms with Crippen molar-refractivity contribution in [1.82, 2.24) is 25.1 Å². The van der Waals surface area contributed by atoms with E-state index >= 15 is 0 Å². The molecule has 28 heavy (non-hydrogen) atoms. The minimum Gasteiger partial charge on any atom is -0.355 e. The van der Waals surface area contributed by atoms with Gasteiger partial charge >= 0.3 is 6.55 Å². The van der Waals surface area contributed by atoms with Gasteiger partial charge in [0.25, 0.3) is 0 Å². The van der Waals surface area contributed by atoms with Crippen molar-refractivity contribution < 1.29 is 8.78 Å². The highest BCUT2D eigenvalue weighted by molar-refractivity contribution is 14.0. The first kappa shape index (κ1) is 22.5. The van der Waals surface area contributed by atoms with Crippen LogP contribution in [0.1, 0.15) is 30.8 Å². The first-order valence-corrected chi connectivity index (χ1v) is 9.19. The second kappa shape index (κ2) is 11.3. The molecular weight excluding hydrogens is 477 g/mol. The van der Waals surface area contributed by atoms with Gasteiger partial charge in [-0.2, -0.15) is 8.78 Å². The third-order valence-corrected chi connectivity index (χ3v) is 4.83. The summed E-state index contributed by atoms with van der Waals surface area (Å²) >= 11 is 0. The van der Waals surface area contributed by atoms with Gasteiger partial charge in [0.15, 0.2) is 5.96 Å². The molecule has 2 heterocycles. The lowest BCUT2D eigenvalue weighted by molar-refractivity contribution is 0.0668. The van der Waals surface area contributed by atoms with E-state index in [0.29, 0.717) is 12.0 Å². The zero-order chi connectivity index (χ0) is 19.1. The van der Waals surface area contributed by atoms with Crippen LogP contribution in [0.4, 0.5) is 8.78 Å². The summed E-state index contributed by atoms with van der Waals surface area (Å²) in [6.07, 6.45) is 4.96. The molecule has 6 nitrogen and oxygen atoms in total. The van der Waals surface area contributed by atoms with Gasteiger partial charge in [-0.25, -0.2) is 4.98 Å². The van der Waals surface area contributed by atoms with Gasteiger partial charge in [-0.05, 0) is 24.9 Å². The van der Waals surface area contributed by atoms with E-state index in [1.165, 1.54) is 24.4 Å². The van der Waals surface area contributed by atoms with Crippen molar-refractivity contribution in [2.24, 2.45) is 4.99 Å². The second-order valence-electron chi connectivity index (χ2n) is 6.59. The minimum atomic E-state index is -2.59. The van der Waals surface area contributed by atoms with Gasteiger partial charge in [0.05, 0.1) is 6.54 Å². The van der Waals surface area contributed by atoms with E-state index in [1.807, 2.05) is 6.07 Å². The fourth-order valence-corrected chi connectivity index (χ4v) is 3.41. The van der Waals surface area contributed by atoms with Crippen LogP contribution in [0.5, 0.6) is 0 Å². The van der Waals surface area contributed by atoms with Crippen LogP contribution in [0.2, 0.25) is 0 Å². The number of likely N-dealkylation sites (tertiary alicyclic amines) is 1. The first-order valence-electron chi connectivity index (χ1n) is 9.19. The molecule has 1 unspecified atom stereocenters. The van der Waals surface area contributed by atoms with E-state index in [0.717, 1.165) is 30.6 Å². The summed E-state index contributed by atoms with van der Waals surface area (Å²) in [5, 5.41) is 6.37. The van der Waals surface area contributed by atoms with Crippen molar-refractivity contribution in [1.29, 1.82) is 0 Å². The average molecular weight is 504 g/mol. The molecule has 2 aromatic rings. The highest BCUT2D eigenvalue weighted by atomic mass is 127. The Hall–Kier alpha value is -1.75. The van der Waals surface area contributed by atoms with Gasteiger partial charge in [-0.1, -0.05) is 30.3 Å². The van der Waals surface area contributed by atoms with Crippen LogP contribution in [-0.4, -0.2) is 46.6 Å². The third kappa shape index (κ3) is 6.13. The molecule has 0 spiro atoms. The van der Waals surface area contributed by atoms with Crippen LogP contribution in [0.15, 0.2) is 47.7 Å². The summed E-state index contributed by atoms with van der Waals surface area (Å²) in [7, 11) is 1.67. The van der Waals surface area contributed by atoms with E-state index < -0.39 is 6.55 Å². The van der Waals surface area contributed by atoms with Gasteiger partial charge < -0.3 is 10.6 Å². The SMILES string of the molecule is CN=C(NCc1nccn1C(F)F)NCC1CCCN1Cc1ccccc1.I. The number of hydrogen-bond acceptors (Lipinski definition) is 3. The van der Waals surface area contributed by atoms with Crippen LogP contribution in [0.3, 0.4) is 0 Å². The smallest absolute Gasteiger partial charge is 0.319 e. The van der Waals surface area contributed by atoms with Gasteiger partial charge in [-0.15, -0.1) is 24.0 Å². The van der Waals surface area contributed by atoms with E-state index in [2.05, 4.69) is 49.8 Å². The zero-order valence-corrected chi connectivity index (χ0v) is 18.2. The second-order valence-corrected chi connectivity index (χ2v) is 6.59. The summed E-state index contributed by atoms with van der Waals surface area (Å²) in [5.74, 6) is 0.866. The maximum absolute atomic E-state index is 12.9. The number of imidazole rings is 1. The number of alkyl halides is 2. The first-order chi connectivity index (χ1) is 13.2. The number of aliphatic imine (C=N–C) groups is 1. The lowest BCUT2D eigenvalue weighted by atomic mass is 10.2. The van der Waals surface area contributed by atoms with Crippen molar-refractivity contribution in [3.05, 3.63) is 54.1 Å². The average Bonchev–Trinajstić information content (AvgIpc) is 3.32. The van der Waals surface area contributed by atoms with Crippen molar-refractivity contribution in [3.63, 3.8) is 0 Å². The predicted octanol–water partition coefficient (Wildman–Crippen LogP) is 3.23. The monoisotopic (exact) mass is 504 g/mol. The van der Waals surface area contributed by atoms with Crippen molar-refractivity contribution in [3.8, 4) is 0 Å². The van der Waals surface area contributed by atoms with E-state index in [1.54, 1.807) is 7.05 Å². The molecule has 9 heteroatoms. The van der Waals surface area contributed by atoms with Crippen molar-refractivity contribution in [2.75, 3.05) is 20.1 Å². The number of benzene rings is 1. The number of aromatic nitrogens is 2. The molecule has 1 fully saturated rings. The van der Waals surface area contributed by atoms with E-state index in [-0.39, 0.29) is 36.3 Å². The lowest BCUT2D eigenvalue weighted by Gasteiger charge is -2.25. The van der Waals surface area contributed by atoms with Gasteiger partial charge in [0.1, 0.15) is 5.82 Å². The topological polar surface area (TPSA) is 57.5 Å². The minimum absolute atomic E-state index is 0. The Balaban J connectivity index is 0.00000280. The Morgan fingerprint density at radius 1 is 1.29 bits per heavy atom. The molecule has 2 N–H and O–H groups in total. The van der Waals surface area contributed by atoms with Gasteiger partial charge in [0, 0.05) is 38.6 Å². The molecule has 154 valence electrons. The zero-order valence-electron chi connectivity index (χ0n) is 15.9. The molecule has 0 amide bonds. The third-order valence-electron chi connectivity index (χ3n) is 4.83. The molecule has 1 aromatic heterocycles. The number of hydrogen-bond donors (Lipinski definition) is 2. The predicted molar refractivity (Wildman–Crippen MR) is 117 cm³/mol. The molecule has 0 saturated carbocycles. The molecule has 1 aromatic carbocycles. The maximum atomic E-state index is 12.9.